The van der Waals surface area contributed by atoms with E-state index >= 15 is 0 Å². The van der Waals surface area contributed by atoms with Crippen LogP contribution in [0.3, 0.4) is 0 Å². The first-order valence-electron chi connectivity index (χ1n) is 7.91. The molecule has 5 heteroatoms. The number of nitrogens with zero attached hydrogens (tertiary/aromatic N) is 3. The molecule has 0 aliphatic heterocycles. The van der Waals surface area contributed by atoms with E-state index in [1.807, 2.05) is 26.1 Å². The molecule has 1 heterocycles. The zero-order valence-electron chi connectivity index (χ0n) is 13.8. The Hall–Kier alpha value is -1.91. The van der Waals surface area contributed by atoms with Gasteiger partial charge in [-0.15, -0.1) is 0 Å². The Morgan fingerprint density at radius 2 is 2.32 bits per heavy atom. The van der Waals surface area contributed by atoms with Crippen molar-refractivity contribution in [2.24, 2.45) is 22.4 Å². The van der Waals surface area contributed by atoms with Gasteiger partial charge in [0.15, 0.2) is 0 Å². The Balaban J connectivity index is 1.55. The number of allylic oxidation sites excluding steroid dienone is 2. The normalized spacial score (nSPS) is 25.7. The lowest BCUT2D eigenvalue weighted by molar-refractivity contribution is -0.121. The SMILES string of the molecule is Cc1cc(C)n(CC(=O)N/N=C\C2=CC[C@H]3C[C@@H]2C3(C)C)n1. The average molecular weight is 300 g/mol. The van der Waals surface area contributed by atoms with Crippen molar-refractivity contribution >= 4 is 12.1 Å². The second kappa shape index (κ2) is 5.38. The van der Waals surface area contributed by atoms with Crippen LogP contribution < -0.4 is 5.43 Å². The number of rotatable bonds is 4. The lowest BCUT2D eigenvalue weighted by Crippen LogP contribution is -2.48. The predicted molar refractivity (Wildman–Crippen MR) is 86.4 cm³/mol. The molecule has 0 spiro atoms. The second-order valence-electron chi connectivity index (χ2n) is 7.12. The molecule has 1 fully saturated rings. The van der Waals surface area contributed by atoms with Gasteiger partial charge in [-0.05, 0) is 55.6 Å². The van der Waals surface area contributed by atoms with Crippen LogP contribution in [-0.2, 0) is 11.3 Å². The maximum atomic E-state index is 11.9. The largest absolute Gasteiger partial charge is 0.271 e. The van der Waals surface area contributed by atoms with Gasteiger partial charge in [0.2, 0.25) is 0 Å². The van der Waals surface area contributed by atoms with E-state index in [1.165, 1.54) is 12.0 Å². The number of fused-ring (bicyclic) bond motifs is 1. The average Bonchev–Trinajstić information content (AvgIpc) is 2.76. The van der Waals surface area contributed by atoms with Crippen LogP contribution in [0.4, 0.5) is 0 Å². The molecule has 118 valence electrons. The molecule has 1 saturated carbocycles. The van der Waals surface area contributed by atoms with Gasteiger partial charge >= 0.3 is 0 Å². The molecule has 1 amide bonds. The molecule has 0 unspecified atom stereocenters. The lowest BCUT2D eigenvalue weighted by Gasteiger charge is -2.55. The fourth-order valence-corrected chi connectivity index (χ4v) is 3.73. The van der Waals surface area contributed by atoms with Gasteiger partial charge in [0, 0.05) is 5.69 Å². The zero-order chi connectivity index (χ0) is 15.9. The molecular weight excluding hydrogens is 276 g/mol. The minimum Gasteiger partial charge on any atom is -0.271 e. The summed E-state index contributed by atoms with van der Waals surface area (Å²) >= 11 is 0. The second-order valence-corrected chi connectivity index (χ2v) is 7.12. The highest BCUT2D eigenvalue weighted by Crippen LogP contribution is 2.58. The van der Waals surface area contributed by atoms with Crippen molar-refractivity contribution in [3.63, 3.8) is 0 Å². The maximum absolute atomic E-state index is 11.9. The first-order valence-corrected chi connectivity index (χ1v) is 7.91. The van der Waals surface area contributed by atoms with Gasteiger partial charge in [-0.1, -0.05) is 19.9 Å². The maximum Gasteiger partial charge on any atom is 0.261 e. The minimum atomic E-state index is -0.149. The highest BCUT2D eigenvalue weighted by atomic mass is 16.2. The van der Waals surface area contributed by atoms with Crippen LogP contribution in [0, 0.1) is 31.1 Å². The summed E-state index contributed by atoms with van der Waals surface area (Å²) in [5, 5.41) is 8.41. The van der Waals surface area contributed by atoms with E-state index < -0.39 is 0 Å². The van der Waals surface area contributed by atoms with E-state index in [4.69, 9.17) is 0 Å². The van der Waals surface area contributed by atoms with E-state index in [-0.39, 0.29) is 12.5 Å². The number of carbonyl (C=O) groups is 1. The number of amides is 1. The van der Waals surface area contributed by atoms with E-state index in [1.54, 1.807) is 4.68 Å². The van der Waals surface area contributed by atoms with Crippen molar-refractivity contribution in [2.75, 3.05) is 0 Å². The molecule has 5 nitrogen and oxygen atoms in total. The van der Waals surface area contributed by atoms with Crippen molar-refractivity contribution in [3.05, 3.63) is 29.1 Å². The number of hydrogen-bond acceptors (Lipinski definition) is 3. The Morgan fingerprint density at radius 3 is 2.91 bits per heavy atom. The summed E-state index contributed by atoms with van der Waals surface area (Å²) in [4.78, 5) is 11.9. The van der Waals surface area contributed by atoms with Gasteiger partial charge in [-0.3, -0.25) is 9.48 Å². The fraction of sp³-hybridized carbons (Fsp3) is 0.588. The first-order chi connectivity index (χ1) is 10.4. The summed E-state index contributed by atoms with van der Waals surface area (Å²) in [6.07, 6.45) is 6.47. The standard InChI is InChI=1S/C17H24N4O/c1-11-7-12(2)21(20-11)10-16(22)19-18-9-13-5-6-14-8-15(13)17(14,3)4/h5,7,9,14-15H,6,8,10H2,1-4H3,(H,19,22)/b18-9-/t14-,15-/m0/s1. The molecule has 1 N–H and O–H groups in total. The number of carbonyl (C=O) groups excluding carboxylic acids is 1. The van der Waals surface area contributed by atoms with Crippen LogP contribution in [0.15, 0.2) is 22.8 Å². The number of aryl methyl sites for hydroxylation is 2. The van der Waals surface area contributed by atoms with Crippen LogP contribution in [-0.4, -0.2) is 21.9 Å². The van der Waals surface area contributed by atoms with E-state index in [0.717, 1.165) is 23.7 Å². The van der Waals surface area contributed by atoms with E-state index in [0.29, 0.717) is 11.3 Å². The zero-order valence-corrected chi connectivity index (χ0v) is 13.8. The molecule has 1 aromatic rings. The van der Waals surface area contributed by atoms with Gasteiger partial charge in [0.25, 0.3) is 5.91 Å². The van der Waals surface area contributed by atoms with Gasteiger partial charge in [0.05, 0.1) is 11.9 Å². The van der Waals surface area contributed by atoms with E-state index in [2.05, 4.69) is 35.5 Å². The van der Waals surface area contributed by atoms with Crippen molar-refractivity contribution < 1.29 is 4.79 Å². The number of aromatic nitrogens is 2. The van der Waals surface area contributed by atoms with E-state index in [9.17, 15) is 4.79 Å². The highest BCUT2D eigenvalue weighted by Gasteiger charge is 2.50. The Kier molecular flexibility index (Phi) is 3.67. The van der Waals surface area contributed by atoms with Gasteiger partial charge in [-0.2, -0.15) is 10.2 Å². The molecule has 0 saturated heterocycles. The molecule has 0 radical (unpaired) electrons. The number of hydrazone groups is 1. The molecule has 2 atom stereocenters. The van der Waals surface area contributed by atoms with Crippen molar-refractivity contribution in [1.82, 2.24) is 15.2 Å². The third kappa shape index (κ3) is 2.60. The van der Waals surface area contributed by atoms with Crippen LogP contribution in [0.2, 0.25) is 0 Å². The summed E-state index contributed by atoms with van der Waals surface area (Å²) in [5.74, 6) is 1.25. The topological polar surface area (TPSA) is 59.3 Å². The summed E-state index contributed by atoms with van der Waals surface area (Å²) in [7, 11) is 0. The van der Waals surface area contributed by atoms with Gasteiger partial charge < -0.3 is 0 Å². The molecule has 3 aliphatic rings. The van der Waals surface area contributed by atoms with Crippen LogP contribution >= 0.6 is 0 Å². The van der Waals surface area contributed by atoms with Crippen LogP contribution in [0.5, 0.6) is 0 Å². The molecule has 2 bridgehead atoms. The minimum absolute atomic E-state index is 0.149. The summed E-state index contributed by atoms with van der Waals surface area (Å²) in [6, 6.07) is 1.96. The molecule has 0 aromatic carbocycles. The monoisotopic (exact) mass is 300 g/mol. The van der Waals surface area contributed by atoms with Crippen molar-refractivity contribution in [3.8, 4) is 0 Å². The number of hydrogen-bond donors (Lipinski definition) is 1. The molecule has 3 aliphatic carbocycles. The third-order valence-electron chi connectivity index (χ3n) is 5.31. The summed E-state index contributed by atoms with van der Waals surface area (Å²) in [6.45, 7) is 8.72. The Labute approximate surface area is 131 Å². The van der Waals surface area contributed by atoms with Gasteiger partial charge in [-0.25, -0.2) is 5.43 Å². The van der Waals surface area contributed by atoms with Gasteiger partial charge in [0.1, 0.15) is 6.54 Å². The van der Waals surface area contributed by atoms with Crippen molar-refractivity contribution in [1.29, 1.82) is 0 Å². The molecular formula is C17H24N4O. The molecule has 22 heavy (non-hydrogen) atoms. The smallest absolute Gasteiger partial charge is 0.261 e. The third-order valence-corrected chi connectivity index (χ3v) is 5.31. The number of nitrogens with one attached hydrogen (secondary N) is 1. The van der Waals surface area contributed by atoms with Crippen LogP contribution in [0.25, 0.3) is 0 Å². The molecule has 4 rings (SSSR count). The Morgan fingerprint density at radius 1 is 1.55 bits per heavy atom. The fourth-order valence-electron chi connectivity index (χ4n) is 3.73. The quantitative estimate of drug-likeness (QED) is 0.686. The summed E-state index contributed by atoms with van der Waals surface area (Å²) in [5.41, 5.74) is 6.15. The predicted octanol–water partition coefficient (Wildman–Crippen LogP) is 2.59. The van der Waals surface area contributed by atoms with Crippen molar-refractivity contribution in [2.45, 2.75) is 47.1 Å². The first kappa shape index (κ1) is 15.0. The summed E-state index contributed by atoms with van der Waals surface area (Å²) < 4.78 is 1.69. The lowest BCUT2D eigenvalue weighted by atomic mass is 9.49. The van der Waals surface area contributed by atoms with Crippen LogP contribution in [0.1, 0.15) is 38.1 Å². The Bertz CT molecular complexity index is 654. The molecule has 1 aromatic heterocycles. The highest BCUT2D eigenvalue weighted by molar-refractivity contribution is 5.83.